The molecule has 4 nitrogen and oxygen atoms in total. The molecule has 0 saturated heterocycles. The Morgan fingerprint density at radius 1 is 1.33 bits per heavy atom. The third-order valence-electron chi connectivity index (χ3n) is 2.38. The number of nitrogens with one attached hydrogen (secondary N) is 1. The van der Waals surface area contributed by atoms with Gasteiger partial charge in [-0.15, -0.1) is 0 Å². The van der Waals surface area contributed by atoms with E-state index >= 15 is 0 Å². The lowest BCUT2D eigenvalue weighted by molar-refractivity contribution is 0.0691. The minimum atomic E-state index is -1.04. The van der Waals surface area contributed by atoms with Gasteiger partial charge in [0.05, 0.1) is 5.69 Å². The molecule has 0 radical (unpaired) electrons. The minimum absolute atomic E-state index is 0.0223. The van der Waals surface area contributed by atoms with Crippen molar-refractivity contribution in [3.8, 4) is 0 Å². The third kappa shape index (κ3) is 3.07. The van der Waals surface area contributed by atoms with Crippen LogP contribution >= 0.6 is 15.9 Å². The number of carboxylic acid groups (broad SMARTS) is 1. The van der Waals surface area contributed by atoms with E-state index in [0.29, 0.717) is 12.2 Å². The summed E-state index contributed by atoms with van der Waals surface area (Å²) in [4.78, 5) is 14.9. The molecule has 1 aromatic heterocycles. The second-order valence-corrected chi connectivity index (χ2v) is 4.61. The molecule has 1 heterocycles. The summed E-state index contributed by atoms with van der Waals surface area (Å²) in [6, 6.07) is 11.5. The van der Waals surface area contributed by atoms with Gasteiger partial charge in [-0.05, 0) is 27.6 Å². The highest BCUT2D eigenvalue weighted by atomic mass is 79.9. The summed E-state index contributed by atoms with van der Waals surface area (Å²) in [6.45, 7) is 0.555. The second-order valence-electron chi connectivity index (χ2n) is 3.69. The van der Waals surface area contributed by atoms with E-state index in [1.165, 1.54) is 6.20 Å². The fourth-order valence-electron chi connectivity index (χ4n) is 1.54. The van der Waals surface area contributed by atoms with E-state index < -0.39 is 5.97 Å². The van der Waals surface area contributed by atoms with Gasteiger partial charge in [-0.25, -0.2) is 9.78 Å². The van der Waals surface area contributed by atoms with Gasteiger partial charge < -0.3 is 10.4 Å². The summed E-state index contributed by atoms with van der Waals surface area (Å²) in [5.74, 6) is -1.04. The zero-order valence-corrected chi connectivity index (χ0v) is 11.0. The van der Waals surface area contributed by atoms with E-state index in [4.69, 9.17) is 5.11 Å². The molecule has 0 spiro atoms. The lowest BCUT2D eigenvalue weighted by atomic mass is 10.2. The summed E-state index contributed by atoms with van der Waals surface area (Å²) in [5.41, 5.74) is 1.60. The van der Waals surface area contributed by atoms with Gasteiger partial charge in [0, 0.05) is 17.2 Å². The SMILES string of the molecule is O=C(O)c1ncc(Br)cc1NCc1ccccc1. The molecule has 2 rings (SSSR count). The van der Waals surface area contributed by atoms with Gasteiger partial charge in [0.2, 0.25) is 0 Å². The summed E-state index contributed by atoms with van der Waals surface area (Å²) in [7, 11) is 0. The van der Waals surface area contributed by atoms with E-state index in [9.17, 15) is 4.79 Å². The number of benzene rings is 1. The first-order chi connectivity index (χ1) is 8.66. The van der Waals surface area contributed by atoms with Gasteiger partial charge >= 0.3 is 5.97 Å². The molecular weight excluding hydrogens is 296 g/mol. The Bertz CT molecular complexity index is 558. The number of rotatable bonds is 4. The van der Waals surface area contributed by atoms with Crippen molar-refractivity contribution in [2.24, 2.45) is 0 Å². The van der Waals surface area contributed by atoms with E-state index in [0.717, 1.165) is 10.0 Å². The third-order valence-corrected chi connectivity index (χ3v) is 2.82. The molecule has 0 aliphatic heterocycles. The number of carboxylic acids is 1. The Kier molecular flexibility index (Phi) is 3.94. The molecule has 2 aromatic rings. The van der Waals surface area contributed by atoms with Crippen molar-refractivity contribution in [3.63, 3.8) is 0 Å². The summed E-state index contributed by atoms with van der Waals surface area (Å²) in [5, 5.41) is 12.1. The predicted molar refractivity (Wildman–Crippen MR) is 72.7 cm³/mol. The highest BCUT2D eigenvalue weighted by Gasteiger charge is 2.11. The lowest BCUT2D eigenvalue weighted by Gasteiger charge is -2.09. The number of hydrogen-bond donors (Lipinski definition) is 2. The standard InChI is InChI=1S/C13H11BrN2O2/c14-10-6-11(12(13(17)18)16-8-10)15-7-9-4-2-1-3-5-9/h1-6,8,15H,7H2,(H,17,18). The maximum atomic E-state index is 11.0. The van der Waals surface area contributed by atoms with Gasteiger partial charge in [0.25, 0.3) is 0 Å². The maximum absolute atomic E-state index is 11.0. The quantitative estimate of drug-likeness (QED) is 0.911. The van der Waals surface area contributed by atoms with Crippen molar-refractivity contribution in [2.75, 3.05) is 5.32 Å². The van der Waals surface area contributed by atoms with Gasteiger partial charge in [-0.1, -0.05) is 30.3 Å². The van der Waals surface area contributed by atoms with Gasteiger partial charge in [-0.2, -0.15) is 0 Å². The predicted octanol–water partition coefficient (Wildman–Crippen LogP) is 3.15. The number of pyridine rings is 1. The number of aromatic nitrogens is 1. The van der Waals surface area contributed by atoms with Crippen molar-refractivity contribution in [2.45, 2.75) is 6.54 Å². The monoisotopic (exact) mass is 306 g/mol. The normalized spacial score (nSPS) is 10.1. The molecule has 0 atom stereocenters. The van der Waals surface area contributed by atoms with E-state index in [1.807, 2.05) is 30.3 Å². The Balaban J connectivity index is 2.18. The van der Waals surface area contributed by atoms with Gasteiger partial charge in [0.1, 0.15) is 0 Å². The minimum Gasteiger partial charge on any atom is -0.476 e. The zero-order chi connectivity index (χ0) is 13.0. The van der Waals surface area contributed by atoms with E-state index in [1.54, 1.807) is 6.07 Å². The second kappa shape index (κ2) is 5.64. The number of anilines is 1. The number of hydrogen-bond acceptors (Lipinski definition) is 3. The number of halogens is 1. The first kappa shape index (κ1) is 12.6. The van der Waals surface area contributed by atoms with Crippen LogP contribution in [0.25, 0.3) is 0 Å². The van der Waals surface area contributed by atoms with Gasteiger partial charge in [-0.3, -0.25) is 0 Å². The lowest BCUT2D eigenvalue weighted by Crippen LogP contribution is -2.08. The van der Waals surface area contributed by atoms with Crippen LogP contribution in [-0.2, 0) is 6.54 Å². The van der Waals surface area contributed by atoms with Crippen molar-refractivity contribution in [1.82, 2.24) is 4.98 Å². The molecule has 1 aromatic carbocycles. The van der Waals surface area contributed by atoms with Crippen LogP contribution in [0.2, 0.25) is 0 Å². The Morgan fingerprint density at radius 2 is 2.06 bits per heavy atom. The van der Waals surface area contributed by atoms with E-state index in [2.05, 4.69) is 26.2 Å². The van der Waals surface area contributed by atoms with Crippen LogP contribution in [0.15, 0.2) is 47.1 Å². The van der Waals surface area contributed by atoms with Crippen LogP contribution in [0.4, 0.5) is 5.69 Å². The molecule has 0 amide bonds. The van der Waals surface area contributed by atoms with E-state index in [-0.39, 0.29) is 5.69 Å². The fourth-order valence-corrected chi connectivity index (χ4v) is 1.87. The number of carbonyl (C=O) groups is 1. The van der Waals surface area contributed by atoms with Crippen LogP contribution in [0.5, 0.6) is 0 Å². The maximum Gasteiger partial charge on any atom is 0.356 e. The summed E-state index contributed by atoms with van der Waals surface area (Å²) < 4.78 is 0.739. The average molecular weight is 307 g/mol. The highest BCUT2D eigenvalue weighted by Crippen LogP contribution is 2.19. The molecule has 18 heavy (non-hydrogen) atoms. The molecule has 5 heteroatoms. The summed E-state index contributed by atoms with van der Waals surface area (Å²) >= 11 is 3.28. The molecule has 0 aliphatic rings. The Labute approximate surface area is 113 Å². The Hall–Kier alpha value is -1.88. The largest absolute Gasteiger partial charge is 0.476 e. The van der Waals surface area contributed by atoms with Crippen LogP contribution in [0.3, 0.4) is 0 Å². The van der Waals surface area contributed by atoms with Crippen molar-refractivity contribution in [1.29, 1.82) is 0 Å². The molecule has 2 N–H and O–H groups in total. The molecule has 0 aliphatic carbocycles. The first-order valence-corrected chi connectivity index (χ1v) is 6.13. The molecule has 0 saturated carbocycles. The number of nitrogens with zero attached hydrogens (tertiary/aromatic N) is 1. The molecule has 0 fully saturated rings. The van der Waals surface area contributed by atoms with Crippen LogP contribution in [-0.4, -0.2) is 16.1 Å². The summed E-state index contributed by atoms with van der Waals surface area (Å²) in [6.07, 6.45) is 1.47. The van der Waals surface area contributed by atoms with Crippen LogP contribution in [0.1, 0.15) is 16.1 Å². The highest BCUT2D eigenvalue weighted by molar-refractivity contribution is 9.10. The molecule has 92 valence electrons. The average Bonchev–Trinajstić information content (AvgIpc) is 2.37. The number of aromatic carboxylic acids is 1. The van der Waals surface area contributed by atoms with Gasteiger partial charge in [0.15, 0.2) is 5.69 Å². The first-order valence-electron chi connectivity index (χ1n) is 5.33. The smallest absolute Gasteiger partial charge is 0.356 e. The van der Waals surface area contributed by atoms with Crippen LogP contribution < -0.4 is 5.32 Å². The fraction of sp³-hybridized carbons (Fsp3) is 0.0769. The van der Waals surface area contributed by atoms with Crippen LogP contribution in [0, 0.1) is 0 Å². The molecule has 0 unspecified atom stereocenters. The topological polar surface area (TPSA) is 62.2 Å². The Morgan fingerprint density at radius 3 is 2.72 bits per heavy atom. The molecular formula is C13H11BrN2O2. The zero-order valence-electron chi connectivity index (χ0n) is 9.43. The van der Waals surface area contributed by atoms with Crippen molar-refractivity contribution >= 4 is 27.6 Å². The molecule has 0 bridgehead atoms. The van der Waals surface area contributed by atoms with Crippen molar-refractivity contribution in [3.05, 3.63) is 58.3 Å². The van der Waals surface area contributed by atoms with Crippen molar-refractivity contribution < 1.29 is 9.90 Å².